The molecule has 1 saturated heterocycles. The third kappa shape index (κ3) is 12.8. The molecule has 0 spiro atoms. The van der Waals surface area contributed by atoms with Gasteiger partial charge in [-0.05, 0) is 74.9 Å². The first kappa shape index (κ1) is 40.7. The number of nitrogens with zero attached hydrogens (tertiary/aromatic N) is 5. The molecule has 0 aliphatic carbocycles. The maximum Gasteiger partial charge on any atom is 0.290 e. The average molecular weight is 731 g/mol. The van der Waals surface area contributed by atoms with Crippen LogP contribution in [0.2, 0.25) is 0 Å². The molecule has 0 bridgehead atoms. The van der Waals surface area contributed by atoms with Crippen molar-refractivity contribution in [2.24, 2.45) is 5.92 Å². The molecule has 5 rings (SSSR count). The molecule has 2 aliphatic heterocycles. The highest BCUT2D eigenvalue weighted by molar-refractivity contribution is 5.94. The lowest BCUT2D eigenvalue weighted by Gasteiger charge is -2.27. The molecular weight excluding hydrogens is 676 g/mol. The summed E-state index contributed by atoms with van der Waals surface area (Å²) in [6.45, 7) is 9.60. The van der Waals surface area contributed by atoms with E-state index in [1.165, 1.54) is 29.5 Å². The zero-order valence-corrected chi connectivity index (χ0v) is 31.1. The van der Waals surface area contributed by atoms with E-state index in [4.69, 9.17) is 9.90 Å². The van der Waals surface area contributed by atoms with E-state index in [1.54, 1.807) is 11.8 Å². The quantitative estimate of drug-likeness (QED) is 0.277. The van der Waals surface area contributed by atoms with Gasteiger partial charge in [-0.2, -0.15) is 5.10 Å². The maximum absolute atomic E-state index is 13.9. The van der Waals surface area contributed by atoms with E-state index in [2.05, 4.69) is 30.9 Å². The van der Waals surface area contributed by atoms with Gasteiger partial charge >= 0.3 is 0 Å². The summed E-state index contributed by atoms with van der Waals surface area (Å²) in [5.74, 6) is -0.0605. The Labute approximate surface area is 311 Å². The number of hydrogen-bond donors (Lipinski definition) is 4. The highest BCUT2D eigenvalue weighted by Crippen LogP contribution is 2.21. The minimum Gasteiger partial charge on any atom is -0.483 e. The number of carbonyl (C=O) groups excluding carboxylic acids is 4. The number of carboxylic acid groups (broad SMARTS) is 1. The Morgan fingerprint density at radius 2 is 1.57 bits per heavy atom. The maximum atomic E-state index is 13.9. The zero-order chi connectivity index (χ0) is 38.2. The summed E-state index contributed by atoms with van der Waals surface area (Å²) in [5.41, 5.74) is 2.68. The molecule has 3 heterocycles. The Morgan fingerprint density at radius 3 is 2.25 bits per heavy atom. The molecule has 0 unspecified atom stereocenters. The monoisotopic (exact) mass is 730 g/mol. The predicted molar refractivity (Wildman–Crippen MR) is 200 cm³/mol. The third-order valence-corrected chi connectivity index (χ3v) is 9.38. The highest BCUT2D eigenvalue weighted by Gasteiger charge is 2.30. The third-order valence-electron chi connectivity index (χ3n) is 9.38. The summed E-state index contributed by atoms with van der Waals surface area (Å²) in [5, 5.41) is 20.4. The summed E-state index contributed by atoms with van der Waals surface area (Å²) in [7, 11) is 0. The van der Waals surface area contributed by atoms with E-state index in [9.17, 15) is 19.2 Å². The van der Waals surface area contributed by atoms with Crippen LogP contribution in [0.15, 0.2) is 54.6 Å². The number of fused-ring (bicyclic) bond motifs is 1. The van der Waals surface area contributed by atoms with Gasteiger partial charge in [-0.15, -0.1) is 0 Å². The molecule has 3 aromatic rings. The van der Waals surface area contributed by atoms with Crippen molar-refractivity contribution in [3.8, 4) is 0 Å². The average Bonchev–Trinajstić information content (AvgIpc) is 3.50. The summed E-state index contributed by atoms with van der Waals surface area (Å²) in [6, 6.07) is 16.0. The van der Waals surface area contributed by atoms with Crippen molar-refractivity contribution in [3.63, 3.8) is 0 Å². The number of amides is 4. The van der Waals surface area contributed by atoms with Gasteiger partial charge in [0.1, 0.15) is 18.4 Å². The van der Waals surface area contributed by atoms with Gasteiger partial charge in [0.25, 0.3) is 12.4 Å². The number of hydrogen-bond acceptors (Lipinski definition) is 8. The first-order valence-corrected chi connectivity index (χ1v) is 18.6. The number of aryl methyl sites for hydroxylation is 1. The highest BCUT2D eigenvalue weighted by atomic mass is 16.3. The van der Waals surface area contributed by atoms with Crippen LogP contribution in [0.5, 0.6) is 0 Å². The van der Waals surface area contributed by atoms with Crippen molar-refractivity contribution < 1.29 is 29.1 Å². The van der Waals surface area contributed by atoms with E-state index in [0.29, 0.717) is 56.1 Å². The van der Waals surface area contributed by atoms with Crippen molar-refractivity contribution in [2.75, 3.05) is 32.7 Å². The number of nitrogens with one attached hydrogen (secondary N) is 3. The second-order valence-corrected chi connectivity index (χ2v) is 14.0. The zero-order valence-electron chi connectivity index (χ0n) is 31.1. The van der Waals surface area contributed by atoms with Crippen LogP contribution in [-0.4, -0.2) is 98.5 Å². The minimum atomic E-state index is -0.841. The molecule has 2 atom stereocenters. The van der Waals surface area contributed by atoms with Crippen molar-refractivity contribution >= 4 is 30.1 Å². The Bertz CT molecular complexity index is 1640. The van der Waals surface area contributed by atoms with Gasteiger partial charge in [-0.1, -0.05) is 62.7 Å². The van der Waals surface area contributed by atoms with Crippen molar-refractivity contribution in [1.29, 1.82) is 0 Å². The number of aromatic nitrogens is 3. The smallest absolute Gasteiger partial charge is 0.290 e. The summed E-state index contributed by atoms with van der Waals surface area (Å²) in [6.07, 6.45) is 5.16. The van der Waals surface area contributed by atoms with Crippen LogP contribution in [0, 0.1) is 12.8 Å². The van der Waals surface area contributed by atoms with Crippen molar-refractivity contribution in [2.45, 2.75) is 90.9 Å². The van der Waals surface area contributed by atoms with Crippen LogP contribution in [0.4, 0.5) is 0 Å². The Morgan fingerprint density at radius 1 is 0.887 bits per heavy atom. The Kier molecular flexibility index (Phi) is 16.0. The predicted octanol–water partition coefficient (Wildman–Crippen LogP) is 3.26. The molecule has 0 radical (unpaired) electrons. The molecular formula is C39H54N8O6. The second-order valence-electron chi connectivity index (χ2n) is 14.0. The minimum absolute atomic E-state index is 0.0636. The summed E-state index contributed by atoms with van der Waals surface area (Å²) >= 11 is 0. The Hall–Kier alpha value is -5.11. The van der Waals surface area contributed by atoms with Crippen LogP contribution >= 0.6 is 0 Å². The molecule has 14 nitrogen and oxygen atoms in total. The lowest BCUT2D eigenvalue weighted by Crippen LogP contribution is -2.50. The van der Waals surface area contributed by atoms with Gasteiger partial charge in [0.2, 0.25) is 17.7 Å². The first-order valence-electron chi connectivity index (χ1n) is 18.6. The lowest BCUT2D eigenvalue weighted by molar-refractivity contribution is -0.129. The fourth-order valence-electron chi connectivity index (χ4n) is 6.67. The van der Waals surface area contributed by atoms with Gasteiger partial charge in [0, 0.05) is 44.6 Å². The fraction of sp³-hybridized carbons (Fsp3) is 0.513. The van der Waals surface area contributed by atoms with E-state index in [1.807, 2.05) is 68.4 Å². The molecule has 2 aromatic carbocycles. The standard InChI is InChI=1S/C38H52N8O4.CH2O2/c1-27(2)35-36-40-28(3)43-46(36)26-34(48)39-19-11-23-45(38(50)31-17-15-30(16-18-31)25-44-20-8-5-9-21-44)22-10-14-33(47)41-32(37(49)42-35)24-29-12-6-4-7-13-29;2-1-3/h4,6-7,12-13,15-18,27,32,35H,5,8-11,14,19-26H2,1-3H3,(H,39,48)(H,41,47)(H,42,49);1H,(H,2,3)/t32-,35+;/m1./s1. The number of benzene rings is 2. The van der Waals surface area contributed by atoms with E-state index in [-0.39, 0.29) is 49.0 Å². The van der Waals surface area contributed by atoms with Gasteiger partial charge in [-0.25, -0.2) is 9.67 Å². The molecule has 1 fully saturated rings. The normalized spacial score (nSPS) is 19.7. The summed E-state index contributed by atoms with van der Waals surface area (Å²) < 4.78 is 1.54. The van der Waals surface area contributed by atoms with Gasteiger partial charge in [-0.3, -0.25) is 28.9 Å². The topological polar surface area (TPSA) is 179 Å². The van der Waals surface area contributed by atoms with E-state index >= 15 is 0 Å². The molecule has 53 heavy (non-hydrogen) atoms. The number of piperidine rings is 1. The van der Waals surface area contributed by atoms with Gasteiger partial charge in [0.05, 0.1) is 6.04 Å². The molecule has 4 N–H and O–H groups in total. The Balaban J connectivity index is 0.00000202. The number of carbonyl (C=O) groups is 5. The van der Waals surface area contributed by atoms with Crippen LogP contribution in [0.1, 0.15) is 91.5 Å². The molecule has 2 aliphatic rings. The van der Waals surface area contributed by atoms with Crippen LogP contribution < -0.4 is 16.0 Å². The number of rotatable bonds is 6. The van der Waals surface area contributed by atoms with Gasteiger partial charge in [0.15, 0.2) is 5.82 Å². The SMILES string of the molecule is Cc1nc2n(n1)CC(=O)NCCCN(C(=O)c1ccc(CN3CCCCC3)cc1)CCCC(=O)N[C@H](Cc1ccccc1)C(=O)N[C@H]2C(C)C.O=CO. The lowest BCUT2D eigenvalue weighted by atomic mass is 10.0. The molecule has 286 valence electrons. The first-order chi connectivity index (χ1) is 25.6. The summed E-state index contributed by atoms with van der Waals surface area (Å²) in [4.78, 5) is 71.2. The molecule has 14 heteroatoms. The molecule has 0 saturated carbocycles. The van der Waals surface area contributed by atoms with E-state index < -0.39 is 12.1 Å². The molecule has 1 aromatic heterocycles. The largest absolute Gasteiger partial charge is 0.483 e. The fourth-order valence-corrected chi connectivity index (χ4v) is 6.67. The van der Waals surface area contributed by atoms with Gasteiger partial charge < -0.3 is 26.0 Å². The van der Waals surface area contributed by atoms with Crippen molar-refractivity contribution in [3.05, 3.63) is 82.9 Å². The van der Waals surface area contributed by atoms with Crippen molar-refractivity contribution in [1.82, 2.24) is 40.5 Å². The van der Waals surface area contributed by atoms with Crippen LogP contribution in [0.25, 0.3) is 0 Å². The van der Waals surface area contributed by atoms with E-state index in [0.717, 1.165) is 25.2 Å². The second kappa shape index (κ2) is 20.8. The van der Waals surface area contributed by atoms with Crippen LogP contribution in [0.3, 0.4) is 0 Å². The van der Waals surface area contributed by atoms with Crippen LogP contribution in [-0.2, 0) is 38.7 Å². The number of likely N-dealkylation sites (tertiary alicyclic amines) is 1. The molecule has 4 amide bonds.